The van der Waals surface area contributed by atoms with Gasteiger partial charge in [0.2, 0.25) is 0 Å². The van der Waals surface area contributed by atoms with Crippen molar-refractivity contribution in [2.75, 3.05) is 19.4 Å². The Kier molecular flexibility index (Phi) is 4.20. The van der Waals surface area contributed by atoms with Gasteiger partial charge in [0.1, 0.15) is 0 Å². The third kappa shape index (κ3) is 3.25. The molecule has 0 heterocycles. The molecule has 0 bridgehead atoms. The molecule has 0 saturated heterocycles. The summed E-state index contributed by atoms with van der Waals surface area (Å²) in [5.74, 6) is -1.22. The predicted molar refractivity (Wildman–Crippen MR) is 66.1 cm³/mol. The van der Waals surface area contributed by atoms with Crippen molar-refractivity contribution in [3.05, 3.63) is 27.7 Å². The molecule has 0 atom stereocenters. The third-order valence-corrected chi connectivity index (χ3v) is 2.44. The number of benzene rings is 1. The van der Waals surface area contributed by atoms with Crippen molar-refractivity contribution < 1.29 is 14.7 Å². The first-order valence-electron chi connectivity index (χ1n) is 4.53. The van der Waals surface area contributed by atoms with Gasteiger partial charge in [0, 0.05) is 19.1 Å². The Morgan fingerprint density at radius 3 is 2.35 bits per heavy atom. The van der Waals surface area contributed by atoms with Gasteiger partial charge in [-0.3, -0.25) is 0 Å². The largest absolute Gasteiger partial charge is 0.478 e. The Morgan fingerprint density at radius 2 is 1.88 bits per heavy atom. The number of hydrogen-bond donors (Lipinski definition) is 2. The summed E-state index contributed by atoms with van der Waals surface area (Å²) in [6.45, 7) is 0. The molecule has 0 aliphatic rings. The highest BCUT2D eigenvalue weighted by Crippen LogP contribution is 2.30. The second-order valence-electron chi connectivity index (χ2n) is 3.44. The summed E-state index contributed by atoms with van der Waals surface area (Å²) in [5.41, 5.74) is -0.125. The number of rotatable bonds is 2. The molecule has 5 nitrogen and oxygen atoms in total. The molecule has 7 heteroatoms. The average molecular weight is 277 g/mol. The van der Waals surface area contributed by atoms with Crippen LogP contribution in [0.5, 0.6) is 0 Å². The van der Waals surface area contributed by atoms with Crippen LogP contribution in [-0.4, -0.2) is 36.1 Å². The van der Waals surface area contributed by atoms with E-state index < -0.39 is 12.0 Å². The smallest absolute Gasteiger partial charge is 0.337 e. The minimum Gasteiger partial charge on any atom is -0.478 e. The van der Waals surface area contributed by atoms with Crippen LogP contribution in [-0.2, 0) is 0 Å². The number of anilines is 1. The lowest BCUT2D eigenvalue weighted by Crippen LogP contribution is -2.28. The highest BCUT2D eigenvalue weighted by atomic mass is 35.5. The number of aromatic carboxylic acids is 1. The van der Waals surface area contributed by atoms with Crippen LogP contribution in [0.3, 0.4) is 0 Å². The molecular formula is C10H10Cl2N2O3. The molecule has 0 unspecified atom stereocenters. The molecule has 1 aromatic carbocycles. The Morgan fingerprint density at radius 1 is 1.29 bits per heavy atom. The highest BCUT2D eigenvalue weighted by molar-refractivity contribution is 6.37. The molecule has 92 valence electrons. The molecule has 2 N–H and O–H groups in total. The Bertz CT molecular complexity index is 475. The van der Waals surface area contributed by atoms with Gasteiger partial charge in [0.05, 0.1) is 16.3 Å². The van der Waals surface area contributed by atoms with Crippen LogP contribution < -0.4 is 5.32 Å². The number of nitrogens with one attached hydrogen (secondary N) is 1. The van der Waals surface area contributed by atoms with Gasteiger partial charge in [-0.05, 0) is 12.1 Å². The van der Waals surface area contributed by atoms with Crippen LogP contribution in [0.2, 0.25) is 10.0 Å². The number of halogens is 2. The summed E-state index contributed by atoms with van der Waals surface area (Å²) in [6, 6.07) is 2.11. The van der Waals surface area contributed by atoms with E-state index >= 15 is 0 Å². The number of amides is 2. The second-order valence-corrected chi connectivity index (χ2v) is 4.28. The van der Waals surface area contributed by atoms with E-state index in [0.29, 0.717) is 0 Å². The molecule has 1 aromatic rings. The zero-order valence-corrected chi connectivity index (χ0v) is 10.6. The Labute approximate surface area is 108 Å². The molecule has 1 rings (SSSR count). The van der Waals surface area contributed by atoms with E-state index in [1.54, 1.807) is 0 Å². The van der Waals surface area contributed by atoms with Crippen LogP contribution in [0, 0.1) is 0 Å². The van der Waals surface area contributed by atoms with Gasteiger partial charge in [-0.15, -0.1) is 0 Å². The molecule has 0 aliphatic heterocycles. The quantitative estimate of drug-likeness (QED) is 0.873. The van der Waals surface area contributed by atoms with Crippen molar-refractivity contribution in [2.45, 2.75) is 0 Å². The molecular weight excluding hydrogens is 267 g/mol. The molecule has 2 amide bonds. The standard InChI is InChI=1S/C10H10Cl2N2O3/c1-14(2)10(17)13-8-6(9(15)16)3-5(11)4-7(8)12/h3-4H,1-2H3,(H,13,17)(H,15,16). The molecule has 0 radical (unpaired) electrons. The number of carboxylic acids is 1. The van der Waals surface area contributed by atoms with Crippen LogP contribution in [0.4, 0.5) is 10.5 Å². The predicted octanol–water partition coefficient (Wildman–Crippen LogP) is 2.79. The third-order valence-electron chi connectivity index (χ3n) is 1.92. The molecule has 0 spiro atoms. The van der Waals surface area contributed by atoms with Crippen LogP contribution in [0.1, 0.15) is 10.4 Å². The van der Waals surface area contributed by atoms with Crippen molar-refractivity contribution in [2.24, 2.45) is 0 Å². The van der Waals surface area contributed by atoms with Crippen molar-refractivity contribution in [1.29, 1.82) is 0 Å². The Hall–Kier alpha value is -1.46. The number of hydrogen-bond acceptors (Lipinski definition) is 2. The van der Waals surface area contributed by atoms with E-state index in [1.807, 2.05) is 0 Å². The lowest BCUT2D eigenvalue weighted by molar-refractivity contribution is 0.0698. The van der Waals surface area contributed by atoms with E-state index in [9.17, 15) is 9.59 Å². The molecule has 0 aliphatic carbocycles. The topological polar surface area (TPSA) is 69.6 Å². The molecule has 0 saturated carbocycles. The minimum absolute atomic E-state index is 0.0299. The fourth-order valence-electron chi connectivity index (χ4n) is 1.09. The van der Waals surface area contributed by atoms with Crippen LogP contribution in [0.15, 0.2) is 12.1 Å². The van der Waals surface area contributed by atoms with Gasteiger partial charge in [-0.25, -0.2) is 9.59 Å². The van der Waals surface area contributed by atoms with Gasteiger partial charge in [0.15, 0.2) is 0 Å². The van der Waals surface area contributed by atoms with E-state index in [0.717, 1.165) is 0 Å². The first-order valence-corrected chi connectivity index (χ1v) is 5.29. The number of carbonyl (C=O) groups is 2. The van der Waals surface area contributed by atoms with E-state index in [-0.39, 0.29) is 21.3 Å². The van der Waals surface area contributed by atoms with E-state index in [2.05, 4.69) is 5.32 Å². The van der Waals surface area contributed by atoms with Gasteiger partial charge in [0.25, 0.3) is 0 Å². The maximum absolute atomic E-state index is 11.5. The van der Waals surface area contributed by atoms with Gasteiger partial charge in [-0.1, -0.05) is 23.2 Å². The maximum Gasteiger partial charge on any atom is 0.337 e. The number of nitrogens with zero attached hydrogens (tertiary/aromatic N) is 1. The molecule has 17 heavy (non-hydrogen) atoms. The number of carboxylic acid groups (broad SMARTS) is 1. The normalized spacial score (nSPS) is 9.88. The first kappa shape index (κ1) is 13.6. The van der Waals surface area contributed by atoms with E-state index in [4.69, 9.17) is 28.3 Å². The maximum atomic E-state index is 11.5. The van der Waals surface area contributed by atoms with Crippen LogP contribution in [0.25, 0.3) is 0 Å². The lowest BCUT2D eigenvalue weighted by Gasteiger charge is -2.15. The van der Waals surface area contributed by atoms with Gasteiger partial charge < -0.3 is 15.3 Å². The monoisotopic (exact) mass is 276 g/mol. The summed E-state index contributed by atoms with van der Waals surface area (Å²) in [7, 11) is 3.05. The van der Waals surface area contributed by atoms with Crippen molar-refractivity contribution in [3.63, 3.8) is 0 Å². The summed E-state index contributed by atoms with van der Waals surface area (Å²) >= 11 is 11.5. The number of carbonyl (C=O) groups excluding carboxylic acids is 1. The summed E-state index contributed by atoms with van der Waals surface area (Å²) in [6.07, 6.45) is 0. The molecule has 0 aromatic heterocycles. The first-order chi connectivity index (χ1) is 7.82. The average Bonchev–Trinajstić information content (AvgIpc) is 2.20. The second kappa shape index (κ2) is 5.25. The molecule has 0 fully saturated rings. The van der Waals surface area contributed by atoms with Crippen molar-refractivity contribution >= 4 is 40.9 Å². The van der Waals surface area contributed by atoms with Crippen molar-refractivity contribution in [3.8, 4) is 0 Å². The summed E-state index contributed by atoms with van der Waals surface area (Å²) in [5, 5.41) is 11.7. The Balaban J connectivity index is 3.22. The fourth-order valence-corrected chi connectivity index (χ4v) is 1.63. The minimum atomic E-state index is -1.22. The fraction of sp³-hybridized carbons (Fsp3) is 0.200. The lowest BCUT2D eigenvalue weighted by atomic mass is 10.2. The summed E-state index contributed by atoms with van der Waals surface area (Å²) < 4.78 is 0. The van der Waals surface area contributed by atoms with Gasteiger partial charge in [-0.2, -0.15) is 0 Å². The zero-order chi connectivity index (χ0) is 13.2. The summed E-state index contributed by atoms with van der Waals surface area (Å²) in [4.78, 5) is 23.7. The number of urea groups is 1. The van der Waals surface area contributed by atoms with E-state index in [1.165, 1.54) is 31.1 Å². The van der Waals surface area contributed by atoms with Crippen molar-refractivity contribution in [1.82, 2.24) is 4.90 Å². The van der Waals surface area contributed by atoms with Gasteiger partial charge >= 0.3 is 12.0 Å². The van der Waals surface area contributed by atoms with Crippen LogP contribution >= 0.6 is 23.2 Å². The zero-order valence-electron chi connectivity index (χ0n) is 9.12. The highest BCUT2D eigenvalue weighted by Gasteiger charge is 2.17. The SMILES string of the molecule is CN(C)C(=O)Nc1c(Cl)cc(Cl)cc1C(=O)O.